The van der Waals surface area contributed by atoms with Crippen molar-refractivity contribution < 1.29 is 18.0 Å². The van der Waals surface area contributed by atoms with Crippen molar-refractivity contribution in [1.82, 2.24) is 20.1 Å². The first kappa shape index (κ1) is 21.6. The Kier molecular flexibility index (Phi) is 5.19. The summed E-state index contributed by atoms with van der Waals surface area (Å²) in [5.41, 5.74) is 8.44. The van der Waals surface area contributed by atoms with Crippen LogP contribution in [0.3, 0.4) is 0 Å². The molecule has 1 aliphatic carbocycles. The summed E-state index contributed by atoms with van der Waals surface area (Å²) in [6.45, 7) is 1.78. The quantitative estimate of drug-likeness (QED) is 0.568. The van der Waals surface area contributed by atoms with E-state index in [-0.39, 0.29) is 23.5 Å². The minimum absolute atomic E-state index is 0.0117. The summed E-state index contributed by atoms with van der Waals surface area (Å²) in [5.74, 6) is -0.717. The van der Waals surface area contributed by atoms with Gasteiger partial charge in [0.1, 0.15) is 6.04 Å². The Bertz CT molecular complexity index is 1360. The Hall–Kier alpha value is -3.27. The predicted octanol–water partition coefficient (Wildman–Crippen LogP) is 1.93. The van der Waals surface area contributed by atoms with E-state index in [2.05, 4.69) is 10.4 Å². The number of carbonyl (C=O) groups is 2. The minimum atomic E-state index is -3.12. The average Bonchev–Trinajstić information content (AvgIpc) is 3.50. The number of pyridine rings is 1. The molecule has 9 nitrogen and oxygen atoms in total. The highest BCUT2D eigenvalue weighted by atomic mass is 32.2. The first-order valence-electron chi connectivity index (χ1n) is 11.0. The van der Waals surface area contributed by atoms with Crippen molar-refractivity contribution in [3.8, 4) is 0 Å². The summed E-state index contributed by atoms with van der Waals surface area (Å²) in [6.07, 6.45) is 2.43. The Balaban J connectivity index is 1.59. The van der Waals surface area contributed by atoms with Crippen LogP contribution in [0, 0.1) is 6.92 Å². The number of benzene rings is 1. The van der Waals surface area contributed by atoms with Crippen LogP contribution in [0.5, 0.6) is 0 Å². The summed E-state index contributed by atoms with van der Waals surface area (Å²) in [5, 5.41) is 7.93. The summed E-state index contributed by atoms with van der Waals surface area (Å²) in [4.78, 5) is 30.4. The molecule has 10 heteroatoms. The molecule has 0 spiro atoms. The summed E-state index contributed by atoms with van der Waals surface area (Å²) in [6, 6.07) is 9.30. The average molecular weight is 468 g/mol. The first-order chi connectivity index (χ1) is 15.7. The third-order valence-corrected chi connectivity index (χ3v) is 8.09. The molecule has 0 bridgehead atoms. The maximum Gasteiger partial charge on any atom is 0.253 e. The SMILES string of the molecule is Cc1nn([C@@H]2CCS(=O)(=O)C2)c2nc(C3CC3)cc(C(=O)N[C@@H](C(N)=O)c3ccccc3)c12. The highest BCUT2D eigenvalue weighted by Crippen LogP contribution is 2.41. The van der Waals surface area contributed by atoms with Gasteiger partial charge in [0.05, 0.1) is 34.2 Å². The van der Waals surface area contributed by atoms with Crippen molar-refractivity contribution in [3.63, 3.8) is 0 Å². The van der Waals surface area contributed by atoms with Gasteiger partial charge in [-0.05, 0) is 37.8 Å². The Morgan fingerprint density at radius 3 is 2.52 bits per heavy atom. The number of carbonyl (C=O) groups excluding carboxylic acids is 2. The lowest BCUT2D eigenvalue weighted by molar-refractivity contribution is -0.120. The molecule has 3 N–H and O–H groups in total. The number of rotatable bonds is 6. The monoisotopic (exact) mass is 467 g/mol. The number of nitrogens with zero attached hydrogens (tertiary/aromatic N) is 3. The zero-order valence-corrected chi connectivity index (χ0v) is 19.0. The Labute approximate surface area is 191 Å². The van der Waals surface area contributed by atoms with Crippen LogP contribution >= 0.6 is 0 Å². The summed E-state index contributed by atoms with van der Waals surface area (Å²) < 4.78 is 25.8. The van der Waals surface area contributed by atoms with Gasteiger partial charge in [0.15, 0.2) is 15.5 Å². The molecule has 1 aliphatic heterocycles. The zero-order valence-electron chi connectivity index (χ0n) is 18.2. The minimum Gasteiger partial charge on any atom is -0.368 e. The molecule has 1 aromatic carbocycles. The van der Waals surface area contributed by atoms with Gasteiger partial charge in [0, 0.05) is 11.6 Å². The number of hydrogen-bond acceptors (Lipinski definition) is 6. The second-order valence-electron chi connectivity index (χ2n) is 8.87. The molecule has 3 heterocycles. The van der Waals surface area contributed by atoms with Crippen molar-refractivity contribution in [3.05, 3.63) is 58.9 Å². The lowest BCUT2D eigenvalue weighted by Crippen LogP contribution is -2.37. The van der Waals surface area contributed by atoms with Crippen LogP contribution in [0.2, 0.25) is 0 Å². The molecule has 2 atom stereocenters. The number of nitrogens with two attached hydrogens (primary N) is 1. The van der Waals surface area contributed by atoms with Crippen molar-refractivity contribution in [1.29, 1.82) is 0 Å². The van der Waals surface area contributed by atoms with Crippen LogP contribution in [0.15, 0.2) is 36.4 Å². The summed E-state index contributed by atoms with van der Waals surface area (Å²) >= 11 is 0. The van der Waals surface area contributed by atoms with E-state index >= 15 is 0 Å². The molecular weight excluding hydrogens is 442 g/mol. The number of hydrogen-bond donors (Lipinski definition) is 2. The molecule has 2 aliphatic rings. The van der Waals surface area contributed by atoms with E-state index in [1.807, 2.05) is 6.07 Å². The van der Waals surface area contributed by atoms with Gasteiger partial charge in [-0.1, -0.05) is 30.3 Å². The highest BCUT2D eigenvalue weighted by Gasteiger charge is 2.34. The van der Waals surface area contributed by atoms with E-state index in [1.165, 1.54) is 0 Å². The normalized spacial score (nSPS) is 20.6. The number of sulfone groups is 1. The standard InChI is InChI=1S/C23H25N5O4S/c1-13-19-17(23(30)26-20(21(24)29)15-5-3-2-4-6-15)11-18(14-7-8-14)25-22(19)28(27-13)16-9-10-33(31,32)12-16/h2-6,11,14,16,20H,7-10,12H2,1H3,(H2,24,29)(H,26,30)/t16-,20-/m1/s1. The lowest BCUT2D eigenvalue weighted by atomic mass is 10.0. The molecule has 1 saturated heterocycles. The zero-order chi connectivity index (χ0) is 23.3. The lowest BCUT2D eigenvalue weighted by Gasteiger charge is -2.17. The van der Waals surface area contributed by atoms with Gasteiger partial charge in [-0.15, -0.1) is 0 Å². The molecule has 2 aromatic heterocycles. The number of fused-ring (bicyclic) bond motifs is 1. The van der Waals surface area contributed by atoms with Crippen LogP contribution in [0.4, 0.5) is 0 Å². The largest absolute Gasteiger partial charge is 0.368 e. The molecule has 2 amide bonds. The molecule has 5 rings (SSSR count). The van der Waals surface area contributed by atoms with Crippen LogP contribution in [-0.2, 0) is 14.6 Å². The van der Waals surface area contributed by atoms with Crippen molar-refractivity contribution in [2.24, 2.45) is 5.73 Å². The van der Waals surface area contributed by atoms with E-state index in [4.69, 9.17) is 10.7 Å². The Morgan fingerprint density at radius 2 is 1.91 bits per heavy atom. The van der Waals surface area contributed by atoms with Crippen LogP contribution in [0.25, 0.3) is 11.0 Å². The van der Waals surface area contributed by atoms with E-state index in [1.54, 1.807) is 41.9 Å². The van der Waals surface area contributed by atoms with E-state index in [9.17, 15) is 18.0 Å². The van der Waals surface area contributed by atoms with Gasteiger partial charge >= 0.3 is 0 Å². The van der Waals surface area contributed by atoms with Crippen LogP contribution in [-0.4, -0.2) is 46.5 Å². The molecular formula is C23H25N5O4S. The fourth-order valence-electron chi connectivity index (χ4n) is 4.50. The van der Waals surface area contributed by atoms with Crippen LogP contribution < -0.4 is 11.1 Å². The molecule has 1 saturated carbocycles. The maximum atomic E-state index is 13.4. The third-order valence-electron chi connectivity index (χ3n) is 6.34. The number of primary amides is 1. The second kappa shape index (κ2) is 7.95. The smallest absolute Gasteiger partial charge is 0.253 e. The van der Waals surface area contributed by atoms with E-state index < -0.39 is 27.7 Å². The van der Waals surface area contributed by atoms with Gasteiger partial charge in [-0.3, -0.25) is 9.59 Å². The number of aromatic nitrogens is 3. The van der Waals surface area contributed by atoms with Gasteiger partial charge in [-0.25, -0.2) is 18.1 Å². The third kappa shape index (κ3) is 4.10. The maximum absolute atomic E-state index is 13.4. The summed E-state index contributed by atoms with van der Waals surface area (Å²) in [7, 11) is -3.12. The first-order valence-corrected chi connectivity index (χ1v) is 12.8. The van der Waals surface area contributed by atoms with Crippen LogP contribution in [0.1, 0.15) is 64.6 Å². The molecule has 3 aromatic rings. The second-order valence-corrected chi connectivity index (χ2v) is 11.1. The van der Waals surface area contributed by atoms with Gasteiger partial charge in [-0.2, -0.15) is 5.10 Å². The molecule has 0 unspecified atom stereocenters. The van der Waals surface area contributed by atoms with E-state index in [0.717, 1.165) is 18.5 Å². The molecule has 0 radical (unpaired) electrons. The molecule has 33 heavy (non-hydrogen) atoms. The van der Waals surface area contributed by atoms with Gasteiger partial charge in [0.25, 0.3) is 5.91 Å². The molecule has 2 fully saturated rings. The predicted molar refractivity (Wildman–Crippen MR) is 122 cm³/mol. The number of nitrogens with one attached hydrogen (secondary N) is 1. The van der Waals surface area contributed by atoms with Gasteiger partial charge in [0.2, 0.25) is 5.91 Å². The highest BCUT2D eigenvalue weighted by molar-refractivity contribution is 7.91. The van der Waals surface area contributed by atoms with Gasteiger partial charge < -0.3 is 11.1 Å². The Morgan fingerprint density at radius 1 is 1.18 bits per heavy atom. The number of amides is 2. The van der Waals surface area contributed by atoms with Crippen molar-refractivity contribution >= 4 is 32.7 Å². The van der Waals surface area contributed by atoms with Crippen molar-refractivity contribution in [2.75, 3.05) is 11.5 Å². The topological polar surface area (TPSA) is 137 Å². The number of aryl methyl sites for hydroxylation is 1. The molecule has 172 valence electrons. The van der Waals surface area contributed by atoms with Crippen molar-refractivity contribution in [2.45, 2.75) is 44.2 Å². The van der Waals surface area contributed by atoms with E-state index in [0.29, 0.717) is 34.3 Å². The fourth-order valence-corrected chi connectivity index (χ4v) is 6.19. The fraction of sp³-hybridized carbons (Fsp3) is 0.391.